The molecule has 1 aliphatic carbocycles. The van der Waals surface area contributed by atoms with Crippen molar-refractivity contribution in [2.24, 2.45) is 13.0 Å². The Hall–Kier alpha value is -2.48. The lowest BCUT2D eigenvalue weighted by Gasteiger charge is -2.33. The van der Waals surface area contributed by atoms with E-state index >= 15 is 0 Å². The molecule has 1 atom stereocenters. The molecule has 0 radical (unpaired) electrons. The van der Waals surface area contributed by atoms with Crippen molar-refractivity contribution in [2.45, 2.75) is 63.5 Å². The minimum atomic E-state index is 0.0513. The number of amides is 1. The molecule has 1 saturated carbocycles. The zero-order valence-electron chi connectivity index (χ0n) is 19.2. The SMILES string of the molecule is COC1CCC(C(=O)N2CCCC2c2c(-c3ccnc(N4CCCC4)n3)cnn2C)CC1. The molecular weight excluding hydrogens is 404 g/mol. The first kappa shape index (κ1) is 21.4. The summed E-state index contributed by atoms with van der Waals surface area (Å²) in [4.78, 5) is 27.3. The highest BCUT2D eigenvalue weighted by Gasteiger charge is 2.38. The molecule has 0 spiro atoms. The standard InChI is InChI=1S/C24H34N6O2/c1-28-22(19(16-26-28)20-11-12-25-24(27-20)29-13-3-4-14-29)21-6-5-15-30(21)23(31)17-7-9-18(32-2)10-8-17/h11-12,16-18,21H,3-10,13-15H2,1-2H3. The van der Waals surface area contributed by atoms with E-state index in [2.05, 4.69) is 19.9 Å². The van der Waals surface area contributed by atoms with Crippen molar-refractivity contribution in [3.05, 3.63) is 24.2 Å². The Morgan fingerprint density at radius 1 is 1.06 bits per heavy atom. The Morgan fingerprint density at radius 3 is 2.59 bits per heavy atom. The molecule has 2 aromatic rings. The van der Waals surface area contributed by atoms with Crippen molar-refractivity contribution in [1.29, 1.82) is 0 Å². The van der Waals surface area contributed by atoms with Crippen LogP contribution in [0.2, 0.25) is 0 Å². The maximum Gasteiger partial charge on any atom is 0.226 e. The van der Waals surface area contributed by atoms with Gasteiger partial charge in [0.2, 0.25) is 11.9 Å². The van der Waals surface area contributed by atoms with E-state index in [1.54, 1.807) is 7.11 Å². The summed E-state index contributed by atoms with van der Waals surface area (Å²) in [6, 6.07) is 2.02. The highest BCUT2D eigenvalue weighted by Crippen LogP contribution is 2.39. The highest BCUT2D eigenvalue weighted by atomic mass is 16.5. The largest absolute Gasteiger partial charge is 0.381 e. The first-order valence-corrected chi connectivity index (χ1v) is 12.1. The fourth-order valence-electron chi connectivity index (χ4n) is 5.70. The van der Waals surface area contributed by atoms with Gasteiger partial charge in [-0.15, -0.1) is 0 Å². The number of likely N-dealkylation sites (tertiary alicyclic amines) is 1. The Balaban J connectivity index is 1.40. The van der Waals surface area contributed by atoms with Gasteiger partial charge in [-0.3, -0.25) is 9.48 Å². The molecule has 1 unspecified atom stereocenters. The number of hydrogen-bond acceptors (Lipinski definition) is 6. The van der Waals surface area contributed by atoms with Gasteiger partial charge in [-0.1, -0.05) is 0 Å². The Labute approximate surface area is 190 Å². The van der Waals surface area contributed by atoms with Crippen LogP contribution in [0.25, 0.3) is 11.3 Å². The molecule has 0 bridgehead atoms. The van der Waals surface area contributed by atoms with Gasteiger partial charge in [-0.2, -0.15) is 5.10 Å². The summed E-state index contributed by atoms with van der Waals surface area (Å²) in [5, 5.41) is 4.58. The number of ether oxygens (including phenoxy) is 1. The zero-order valence-corrected chi connectivity index (χ0v) is 19.2. The molecule has 5 rings (SSSR count). The van der Waals surface area contributed by atoms with Crippen molar-refractivity contribution < 1.29 is 9.53 Å². The first-order chi connectivity index (χ1) is 15.7. The monoisotopic (exact) mass is 438 g/mol. The molecule has 3 fully saturated rings. The smallest absolute Gasteiger partial charge is 0.226 e. The summed E-state index contributed by atoms with van der Waals surface area (Å²) in [7, 11) is 3.75. The maximum atomic E-state index is 13.5. The maximum absolute atomic E-state index is 13.5. The number of aromatic nitrogens is 4. The lowest BCUT2D eigenvalue weighted by Crippen LogP contribution is -2.38. The van der Waals surface area contributed by atoms with Gasteiger partial charge in [-0.05, 0) is 57.4 Å². The van der Waals surface area contributed by atoms with Gasteiger partial charge in [0.15, 0.2) is 0 Å². The van der Waals surface area contributed by atoms with E-state index < -0.39 is 0 Å². The summed E-state index contributed by atoms with van der Waals surface area (Å²) >= 11 is 0. The molecule has 2 saturated heterocycles. The van der Waals surface area contributed by atoms with Gasteiger partial charge in [-0.25, -0.2) is 9.97 Å². The number of nitrogens with zero attached hydrogens (tertiary/aromatic N) is 6. The second kappa shape index (κ2) is 9.17. The second-order valence-electron chi connectivity index (χ2n) is 9.40. The Bertz CT molecular complexity index is 946. The van der Waals surface area contributed by atoms with Crippen molar-refractivity contribution in [2.75, 3.05) is 31.6 Å². The van der Waals surface area contributed by atoms with E-state index in [0.29, 0.717) is 12.0 Å². The number of hydrogen-bond donors (Lipinski definition) is 0. The van der Waals surface area contributed by atoms with Crippen molar-refractivity contribution in [3.63, 3.8) is 0 Å². The third-order valence-electron chi connectivity index (χ3n) is 7.50. The highest BCUT2D eigenvalue weighted by molar-refractivity contribution is 5.80. The van der Waals surface area contributed by atoms with Gasteiger partial charge in [0.1, 0.15) is 0 Å². The van der Waals surface area contributed by atoms with Gasteiger partial charge < -0.3 is 14.5 Å². The van der Waals surface area contributed by atoms with Crippen LogP contribution in [0.5, 0.6) is 0 Å². The van der Waals surface area contributed by atoms with E-state index in [1.807, 2.05) is 30.2 Å². The van der Waals surface area contributed by atoms with E-state index in [4.69, 9.17) is 9.72 Å². The van der Waals surface area contributed by atoms with Crippen LogP contribution < -0.4 is 4.90 Å². The molecule has 8 heteroatoms. The lowest BCUT2D eigenvalue weighted by molar-refractivity contribution is -0.138. The molecular formula is C24H34N6O2. The summed E-state index contributed by atoms with van der Waals surface area (Å²) in [6.45, 7) is 2.85. The van der Waals surface area contributed by atoms with Crippen molar-refractivity contribution in [1.82, 2.24) is 24.6 Å². The number of methoxy groups -OCH3 is 1. The van der Waals surface area contributed by atoms with E-state index in [0.717, 1.165) is 81.1 Å². The fraction of sp³-hybridized carbons (Fsp3) is 0.667. The van der Waals surface area contributed by atoms with Gasteiger partial charge >= 0.3 is 0 Å². The van der Waals surface area contributed by atoms with Crippen LogP contribution in [0.1, 0.15) is 63.1 Å². The molecule has 8 nitrogen and oxygen atoms in total. The predicted octanol–water partition coefficient (Wildman–Crippen LogP) is 3.35. The van der Waals surface area contributed by atoms with Crippen LogP contribution >= 0.6 is 0 Å². The molecule has 2 aliphatic heterocycles. The van der Waals surface area contributed by atoms with E-state index in [9.17, 15) is 4.79 Å². The van der Waals surface area contributed by atoms with Crippen LogP contribution in [0.3, 0.4) is 0 Å². The molecule has 172 valence electrons. The van der Waals surface area contributed by atoms with Gasteiger partial charge in [0.05, 0.1) is 29.7 Å². The van der Waals surface area contributed by atoms with Crippen LogP contribution in [-0.4, -0.2) is 63.4 Å². The third-order valence-corrected chi connectivity index (χ3v) is 7.50. The van der Waals surface area contributed by atoms with Crippen LogP contribution in [0.15, 0.2) is 18.5 Å². The fourth-order valence-corrected chi connectivity index (χ4v) is 5.70. The van der Waals surface area contributed by atoms with Crippen LogP contribution in [0, 0.1) is 5.92 Å². The minimum absolute atomic E-state index is 0.0513. The predicted molar refractivity (Wildman–Crippen MR) is 122 cm³/mol. The molecule has 1 amide bonds. The minimum Gasteiger partial charge on any atom is -0.381 e. The summed E-state index contributed by atoms with van der Waals surface area (Å²) in [5.74, 6) is 1.21. The molecule has 0 aromatic carbocycles. The molecule has 0 N–H and O–H groups in total. The number of aryl methyl sites for hydroxylation is 1. The number of carbonyl (C=O) groups excluding carboxylic acids is 1. The summed E-state index contributed by atoms with van der Waals surface area (Å²) < 4.78 is 7.44. The average molecular weight is 439 g/mol. The molecule has 32 heavy (non-hydrogen) atoms. The molecule has 4 heterocycles. The normalized spacial score (nSPS) is 26.1. The molecule has 3 aliphatic rings. The Morgan fingerprint density at radius 2 is 1.84 bits per heavy atom. The topological polar surface area (TPSA) is 76.4 Å². The number of anilines is 1. The van der Waals surface area contributed by atoms with Gasteiger partial charge in [0, 0.05) is 51.5 Å². The van der Waals surface area contributed by atoms with Crippen LogP contribution in [-0.2, 0) is 16.6 Å². The number of rotatable bonds is 5. The lowest BCUT2D eigenvalue weighted by atomic mass is 9.86. The van der Waals surface area contributed by atoms with E-state index in [1.165, 1.54) is 12.8 Å². The van der Waals surface area contributed by atoms with E-state index in [-0.39, 0.29) is 12.0 Å². The summed E-state index contributed by atoms with van der Waals surface area (Å²) in [5.41, 5.74) is 3.00. The number of carbonyl (C=O) groups is 1. The Kier molecular flexibility index (Phi) is 6.13. The summed E-state index contributed by atoms with van der Waals surface area (Å²) in [6.07, 6.45) is 12.2. The van der Waals surface area contributed by atoms with Crippen molar-refractivity contribution >= 4 is 11.9 Å². The van der Waals surface area contributed by atoms with Crippen molar-refractivity contribution in [3.8, 4) is 11.3 Å². The second-order valence-corrected chi connectivity index (χ2v) is 9.40. The van der Waals surface area contributed by atoms with Crippen LogP contribution in [0.4, 0.5) is 5.95 Å². The molecule has 2 aromatic heterocycles. The van der Waals surface area contributed by atoms with Gasteiger partial charge in [0.25, 0.3) is 0 Å². The average Bonchev–Trinajstić information content (AvgIpc) is 3.59. The third kappa shape index (κ3) is 4.00. The zero-order chi connectivity index (χ0) is 22.1. The quantitative estimate of drug-likeness (QED) is 0.713. The first-order valence-electron chi connectivity index (χ1n) is 12.1.